The first-order chi connectivity index (χ1) is 25.1. The molecule has 2 heterocycles. The van der Waals surface area contributed by atoms with Crippen molar-refractivity contribution in [3.05, 3.63) is 102 Å². The first kappa shape index (κ1) is 39.3. The number of nitrogens with zero attached hydrogens (tertiary/aromatic N) is 2. The number of alkyl halides is 3. The number of ether oxygens (including phenoxy) is 2. The van der Waals surface area contributed by atoms with E-state index < -0.39 is 55.4 Å². The van der Waals surface area contributed by atoms with Crippen molar-refractivity contribution in [3.63, 3.8) is 0 Å². The lowest BCUT2D eigenvalue weighted by Gasteiger charge is -2.44. The van der Waals surface area contributed by atoms with Gasteiger partial charge in [-0.05, 0) is 59.8 Å². The zero-order chi connectivity index (χ0) is 38.6. The van der Waals surface area contributed by atoms with Crippen molar-refractivity contribution in [2.24, 2.45) is 0 Å². The molecule has 53 heavy (non-hydrogen) atoms. The Morgan fingerprint density at radius 2 is 1.60 bits per heavy atom. The molecular weight excluding hydrogens is 709 g/mol. The second-order valence-electron chi connectivity index (χ2n) is 14.0. The number of carbonyl (C=O) groups is 2. The molecule has 1 aromatic heterocycles. The number of amides is 3. The van der Waals surface area contributed by atoms with E-state index in [0.29, 0.717) is 24.9 Å². The van der Waals surface area contributed by atoms with Crippen molar-refractivity contribution in [3.8, 4) is 11.6 Å². The summed E-state index contributed by atoms with van der Waals surface area (Å²) < 4.78 is 74.1. The Bertz CT molecular complexity index is 1870. The number of likely N-dealkylation sites (tertiary alicyclic amines) is 1. The number of anilines is 2. The predicted octanol–water partition coefficient (Wildman–Crippen LogP) is 7.69. The monoisotopic (exact) mass is 752 g/mol. The third-order valence-corrected chi connectivity index (χ3v) is 14.4. The number of hydrogen-bond acceptors (Lipinski definition) is 6. The Hall–Kier alpha value is -4.95. The van der Waals surface area contributed by atoms with Crippen molar-refractivity contribution >= 4 is 42.0 Å². The molecule has 0 aliphatic carbocycles. The van der Waals surface area contributed by atoms with Crippen LogP contribution in [-0.4, -0.2) is 68.7 Å². The molecule has 2 N–H and O–H groups in total. The van der Waals surface area contributed by atoms with Gasteiger partial charge < -0.3 is 29.4 Å². The summed E-state index contributed by atoms with van der Waals surface area (Å²) in [5.41, 5.74) is -0.294. The summed E-state index contributed by atoms with van der Waals surface area (Å²) in [5.74, 6) is -2.56. The smallest absolute Gasteiger partial charge is 0.425 e. The number of rotatable bonds is 11. The van der Waals surface area contributed by atoms with Gasteiger partial charge >= 0.3 is 12.2 Å². The van der Waals surface area contributed by atoms with Crippen LogP contribution < -0.4 is 30.5 Å². The molecule has 4 aromatic rings. The van der Waals surface area contributed by atoms with Crippen LogP contribution in [-0.2, 0) is 4.43 Å². The number of urea groups is 1. The normalized spacial score (nSPS) is 15.5. The highest BCUT2D eigenvalue weighted by atomic mass is 28.4. The Balaban J connectivity index is 1.42. The van der Waals surface area contributed by atoms with Gasteiger partial charge in [-0.3, -0.25) is 4.79 Å². The lowest BCUT2D eigenvalue weighted by atomic mass is 10.1. The van der Waals surface area contributed by atoms with Crippen molar-refractivity contribution in [2.45, 2.75) is 70.8 Å². The molecule has 0 bridgehead atoms. The zero-order valence-electron chi connectivity index (χ0n) is 30.5. The third-order valence-electron chi connectivity index (χ3n) is 9.42. The van der Waals surface area contributed by atoms with E-state index in [9.17, 15) is 22.8 Å². The second-order valence-corrected chi connectivity index (χ2v) is 18.3. The van der Waals surface area contributed by atoms with E-state index in [1.165, 1.54) is 13.3 Å². The number of pyridine rings is 1. The number of carbonyl (C=O) groups excluding carboxylic acids is 2. The minimum Gasteiger partial charge on any atom is -0.480 e. The van der Waals surface area contributed by atoms with Gasteiger partial charge in [0.15, 0.2) is 6.10 Å². The van der Waals surface area contributed by atoms with E-state index in [-0.39, 0.29) is 29.3 Å². The molecule has 9 nitrogen and oxygen atoms in total. The highest BCUT2D eigenvalue weighted by Gasteiger charge is 2.51. The third kappa shape index (κ3) is 8.49. The fourth-order valence-corrected chi connectivity index (χ4v) is 11.2. The summed E-state index contributed by atoms with van der Waals surface area (Å²) in [7, 11) is -1.60. The number of nitrogens with one attached hydrogen (secondary N) is 2. The summed E-state index contributed by atoms with van der Waals surface area (Å²) in [5, 5.41) is 6.91. The standard InChI is InChI=1S/C39H44F4N4O5Si/c1-25-19-20-44-36(50-6)34(25)46-35(48)30-22-31(40)32(23-33(30)52-26(2)39(41,42)43)45-37(49)47-21-13-14-27(47)24-51-53(38(3,4)5,28-15-9-7-10-16-28)29-17-11-8-12-18-29/h7-12,15-20,22-23,26-27H,13-14,21,24H2,1-6H3,(H,45,49)(H,46,48)/t26-,27+/m0/s1. The molecule has 3 amide bonds. The highest BCUT2D eigenvalue weighted by Crippen LogP contribution is 2.38. The van der Waals surface area contributed by atoms with Crippen LogP contribution in [0.2, 0.25) is 5.04 Å². The van der Waals surface area contributed by atoms with Gasteiger partial charge in [-0.25, -0.2) is 14.2 Å². The van der Waals surface area contributed by atoms with Crippen LogP contribution in [0, 0.1) is 12.7 Å². The Morgan fingerprint density at radius 3 is 2.17 bits per heavy atom. The lowest BCUT2D eigenvalue weighted by molar-refractivity contribution is -0.189. The quantitative estimate of drug-likeness (QED) is 0.120. The first-order valence-corrected chi connectivity index (χ1v) is 19.2. The number of methoxy groups -OCH3 is 1. The fraction of sp³-hybridized carbons (Fsp3) is 0.359. The van der Waals surface area contributed by atoms with E-state index >= 15 is 4.39 Å². The summed E-state index contributed by atoms with van der Waals surface area (Å²) in [6.45, 7) is 9.43. The Labute approximate surface area is 307 Å². The molecule has 0 unspecified atom stereocenters. The number of aromatic nitrogens is 1. The molecule has 3 aromatic carbocycles. The minimum atomic E-state index is -4.80. The maximum absolute atomic E-state index is 15.7. The van der Waals surface area contributed by atoms with Crippen molar-refractivity contribution in [1.29, 1.82) is 0 Å². The van der Waals surface area contributed by atoms with Crippen molar-refractivity contribution in [1.82, 2.24) is 9.88 Å². The number of aryl methyl sites for hydroxylation is 1. The molecule has 1 aliphatic heterocycles. The fourth-order valence-electron chi connectivity index (χ4n) is 6.65. The molecular formula is C39H44F4N4O5Si. The van der Waals surface area contributed by atoms with Gasteiger partial charge in [-0.2, -0.15) is 13.2 Å². The minimum absolute atomic E-state index is 0.0490. The average Bonchev–Trinajstić information content (AvgIpc) is 3.59. The summed E-state index contributed by atoms with van der Waals surface area (Å²) in [6.07, 6.45) is -4.42. The molecule has 5 rings (SSSR count). The Morgan fingerprint density at radius 1 is 0.981 bits per heavy atom. The van der Waals surface area contributed by atoms with E-state index in [0.717, 1.165) is 29.4 Å². The van der Waals surface area contributed by atoms with E-state index in [1.807, 2.05) is 36.4 Å². The average molecular weight is 753 g/mol. The van der Waals surface area contributed by atoms with Crippen LogP contribution in [0.3, 0.4) is 0 Å². The maximum atomic E-state index is 15.7. The number of benzene rings is 3. The SMILES string of the molecule is COc1nccc(C)c1NC(=O)c1cc(F)c(NC(=O)N2CCC[C@@H]2CO[Si](c2ccccc2)(c2ccccc2)C(C)(C)C)cc1O[C@@H](C)C(F)(F)F. The van der Waals surface area contributed by atoms with E-state index in [1.54, 1.807) is 17.9 Å². The molecule has 2 atom stereocenters. The van der Waals surface area contributed by atoms with Gasteiger partial charge in [0.2, 0.25) is 5.88 Å². The van der Waals surface area contributed by atoms with Crippen molar-refractivity contribution < 1.29 is 41.1 Å². The summed E-state index contributed by atoms with van der Waals surface area (Å²) in [6, 6.07) is 22.3. The number of hydrogen-bond donors (Lipinski definition) is 2. The largest absolute Gasteiger partial charge is 0.480 e. The van der Waals surface area contributed by atoms with Gasteiger partial charge in [0, 0.05) is 18.8 Å². The lowest BCUT2D eigenvalue weighted by Crippen LogP contribution is -2.67. The van der Waals surface area contributed by atoms with E-state index in [4.69, 9.17) is 13.9 Å². The Kier molecular flexibility index (Phi) is 11.8. The zero-order valence-corrected chi connectivity index (χ0v) is 31.5. The van der Waals surface area contributed by atoms with Gasteiger partial charge in [-0.15, -0.1) is 0 Å². The van der Waals surface area contributed by atoms with Crippen LogP contribution in [0.25, 0.3) is 0 Å². The molecule has 0 radical (unpaired) electrons. The van der Waals surface area contributed by atoms with Crippen LogP contribution in [0.15, 0.2) is 85.1 Å². The first-order valence-electron chi connectivity index (χ1n) is 17.3. The topological polar surface area (TPSA) is 102 Å². The molecule has 1 fully saturated rings. The van der Waals surface area contributed by atoms with Crippen LogP contribution in [0.5, 0.6) is 11.6 Å². The molecule has 1 aliphatic rings. The molecule has 1 saturated heterocycles. The summed E-state index contributed by atoms with van der Waals surface area (Å²) in [4.78, 5) is 32.8. The molecule has 282 valence electrons. The van der Waals surface area contributed by atoms with Crippen LogP contribution in [0.4, 0.5) is 33.7 Å². The second kappa shape index (κ2) is 16.0. The van der Waals surface area contributed by atoms with Gasteiger partial charge in [0.1, 0.15) is 17.3 Å². The highest BCUT2D eigenvalue weighted by molar-refractivity contribution is 6.99. The summed E-state index contributed by atoms with van der Waals surface area (Å²) >= 11 is 0. The molecule has 0 saturated carbocycles. The maximum Gasteiger partial charge on any atom is 0.425 e. The predicted molar refractivity (Wildman–Crippen MR) is 198 cm³/mol. The van der Waals surface area contributed by atoms with Gasteiger partial charge in [0.05, 0.1) is 31.0 Å². The van der Waals surface area contributed by atoms with Gasteiger partial charge in [0.25, 0.3) is 14.2 Å². The number of halogens is 4. The van der Waals surface area contributed by atoms with Crippen LogP contribution in [0.1, 0.15) is 56.5 Å². The van der Waals surface area contributed by atoms with E-state index in [2.05, 4.69) is 60.7 Å². The molecule has 14 heteroatoms. The van der Waals surface area contributed by atoms with Crippen LogP contribution >= 0.6 is 0 Å². The van der Waals surface area contributed by atoms with Gasteiger partial charge in [-0.1, -0.05) is 81.4 Å². The molecule has 0 spiro atoms. The van der Waals surface area contributed by atoms with Crippen molar-refractivity contribution in [2.75, 3.05) is 30.9 Å².